The molecule has 0 heterocycles. The van der Waals surface area contributed by atoms with E-state index < -0.39 is 28.5 Å². The number of hydrogen-bond acceptors (Lipinski definition) is 4. The fourth-order valence-corrected chi connectivity index (χ4v) is 6.74. The van der Waals surface area contributed by atoms with Gasteiger partial charge in [0.05, 0.1) is 20.6 Å². The Labute approximate surface area is 282 Å². The molecule has 10 heteroatoms. The molecule has 46 heavy (non-hydrogen) atoms. The summed E-state index contributed by atoms with van der Waals surface area (Å²) < 4.78 is 29.4. The van der Waals surface area contributed by atoms with Crippen molar-refractivity contribution in [1.29, 1.82) is 0 Å². The number of anilines is 1. The summed E-state index contributed by atoms with van der Waals surface area (Å²) in [4.78, 5) is 29.9. The van der Waals surface area contributed by atoms with Crippen molar-refractivity contribution in [3.05, 3.63) is 129 Å². The first-order valence-corrected chi connectivity index (χ1v) is 17.4. The molecular formula is C36H39Cl2N3O4S. The normalized spacial score (nSPS) is 11.9. The van der Waals surface area contributed by atoms with Gasteiger partial charge in [-0.25, -0.2) is 8.42 Å². The molecule has 0 aliphatic heterocycles. The number of nitrogens with zero attached hydrogens (tertiary/aromatic N) is 2. The van der Waals surface area contributed by atoms with Crippen LogP contribution in [0.3, 0.4) is 0 Å². The van der Waals surface area contributed by atoms with Crippen LogP contribution in [0.4, 0.5) is 5.69 Å². The summed E-state index contributed by atoms with van der Waals surface area (Å²) in [5, 5.41) is 3.39. The third-order valence-corrected chi connectivity index (χ3v) is 10.3. The SMILES string of the molecule is CCCCNC(=O)[C@H](Cc1ccccc1)N(Cc1ccccc1C)C(=O)CN(c1ccc(Cl)c(Cl)c1)S(=O)(=O)c1ccc(C)cc1. The van der Waals surface area contributed by atoms with Gasteiger partial charge in [0.1, 0.15) is 12.6 Å². The van der Waals surface area contributed by atoms with E-state index in [-0.39, 0.29) is 39.5 Å². The van der Waals surface area contributed by atoms with Gasteiger partial charge in [-0.05, 0) is 67.3 Å². The smallest absolute Gasteiger partial charge is 0.264 e. The predicted molar refractivity (Wildman–Crippen MR) is 186 cm³/mol. The van der Waals surface area contributed by atoms with Crippen LogP contribution < -0.4 is 9.62 Å². The summed E-state index contributed by atoms with van der Waals surface area (Å²) in [5.74, 6) is -0.849. The largest absolute Gasteiger partial charge is 0.354 e. The van der Waals surface area contributed by atoms with Crippen LogP contribution >= 0.6 is 23.2 Å². The molecule has 0 unspecified atom stereocenters. The molecule has 0 saturated carbocycles. The number of benzene rings is 4. The zero-order valence-electron chi connectivity index (χ0n) is 26.2. The number of carbonyl (C=O) groups excluding carboxylic acids is 2. The lowest BCUT2D eigenvalue weighted by Crippen LogP contribution is -2.53. The van der Waals surface area contributed by atoms with Crippen molar-refractivity contribution in [1.82, 2.24) is 10.2 Å². The van der Waals surface area contributed by atoms with E-state index in [1.165, 1.54) is 35.2 Å². The van der Waals surface area contributed by atoms with Crippen molar-refractivity contribution in [2.45, 2.75) is 57.5 Å². The Kier molecular flexibility index (Phi) is 12.3. The van der Waals surface area contributed by atoms with Gasteiger partial charge in [0, 0.05) is 19.5 Å². The molecular weight excluding hydrogens is 641 g/mol. The minimum Gasteiger partial charge on any atom is -0.354 e. The summed E-state index contributed by atoms with van der Waals surface area (Å²) in [6, 6.07) is 27.0. The monoisotopic (exact) mass is 679 g/mol. The Hall–Kier alpha value is -3.85. The van der Waals surface area contributed by atoms with Crippen LogP contribution in [0.5, 0.6) is 0 Å². The van der Waals surface area contributed by atoms with Crippen molar-refractivity contribution in [2.24, 2.45) is 0 Å². The van der Waals surface area contributed by atoms with E-state index >= 15 is 0 Å². The minimum absolute atomic E-state index is 0.0144. The number of carbonyl (C=O) groups is 2. The molecule has 1 N–H and O–H groups in total. The summed E-state index contributed by atoms with van der Waals surface area (Å²) in [7, 11) is -4.25. The Morgan fingerprint density at radius 3 is 2.17 bits per heavy atom. The highest BCUT2D eigenvalue weighted by molar-refractivity contribution is 7.92. The maximum Gasteiger partial charge on any atom is 0.264 e. The van der Waals surface area contributed by atoms with Crippen molar-refractivity contribution >= 4 is 50.7 Å². The lowest BCUT2D eigenvalue weighted by Gasteiger charge is -2.34. The lowest BCUT2D eigenvalue weighted by molar-refractivity contribution is -0.140. The van der Waals surface area contributed by atoms with Crippen LogP contribution in [0.1, 0.15) is 42.0 Å². The van der Waals surface area contributed by atoms with E-state index in [4.69, 9.17) is 23.2 Å². The number of aryl methyl sites for hydroxylation is 2. The molecule has 2 amide bonds. The van der Waals surface area contributed by atoms with Crippen LogP contribution in [0.15, 0.2) is 102 Å². The van der Waals surface area contributed by atoms with E-state index in [0.29, 0.717) is 6.54 Å². The average molecular weight is 681 g/mol. The minimum atomic E-state index is -4.25. The summed E-state index contributed by atoms with van der Waals surface area (Å²) in [6.07, 6.45) is 1.92. The van der Waals surface area contributed by atoms with Crippen LogP contribution in [0.25, 0.3) is 0 Å². The van der Waals surface area contributed by atoms with Gasteiger partial charge in [-0.3, -0.25) is 13.9 Å². The second kappa shape index (κ2) is 16.1. The van der Waals surface area contributed by atoms with Gasteiger partial charge in [-0.1, -0.05) is 109 Å². The molecule has 0 radical (unpaired) electrons. The Balaban J connectivity index is 1.81. The number of halogens is 2. The van der Waals surface area contributed by atoms with E-state index in [1.807, 2.05) is 75.4 Å². The Bertz CT molecular complexity index is 1750. The zero-order valence-corrected chi connectivity index (χ0v) is 28.6. The second-order valence-corrected chi connectivity index (χ2v) is 13.9. The highest BCUT2D eigenvalue weighted by atomic mass is 35.5. The molecule has 0 saturated heterocycles. The third kappa shape index (κ3) is 8.90. The average Bonchev–Trinajstić information content (AvgIpc) is 3.04. The van der Waals surface area contributed by atoms with E-state index in [2.05, 4.69) is 5.32 Å². The Morgan fingerprint density at radius 2 is 1.52 bits per heavy atom. The maximum atomic E-state index is 14.6. The van der Waals surface area contributed by atoms with Gasteiger partial charge in [-0.2, -0.15) is 0 Å². The van der Waals surface area contributed by atoms with Crippen molar-refractivity contribution in [2.75, 3.05) is 17.4 Å². The quantitative estimate of drug-likeness (QED) is 0.141. The van der Waals surface area contributed by atoms with Gasteiger partial charge in [0.25, 0.3) is 10.0 Å². The number of hydrogen-bond donors (Lipinski definition) is 1. The standard InChI is InChI=1S/C36H39Cl2N3O4S/c1-4-5-21-39-36(43)34(22-28-12-7-6-8-13-28)40(24-29-14-10-9-11-27(29)3)35(42)25-41(30-17-20-32(37)33(38)23-30)46(44,45)31-18-15-26(2)16-19-31/h6-20,23,34H,4-5,21-22,24-25H2,1-3H3,(H,39,43)/t34-/m0/s1. The van der Waals surface area contributed by atoms with Gasteiger partial charge < -0.3 is 10.2 Å². The molecule has 0 bridgehead atoms. The van der Waals surface area contributed by atoms with Crippen LogP contribution in [0.2, 0.25) is 10.0 Å². The molecule has 0 aliphatic rings. The van der Waals surface area contributed by atoms with Gasteiger partial charge in [0.2, 0.25) is 11.8 Å². The number of unbranched alkanes of at least 4 members (excludes halogenated alkanes) is 1. The highest BCUT2D eigenvalue weighted by Crippen LogP contribution is 2.31. The number of rotatable bonds is 14. The van der Waals surface area contributed by atoms with Crippen molar-refractivity contribution in [3.8, 4) is 0 Å². The fourth-order valence-electron chi connectivity index (χ4n) is 5.04. The zero-order chi connectivity index (χ0) is 33.3. The van der Waals surface area contributed by atoms with Crippen molar-refractivity contribution in [3.63, 3.8) is 0 Å². The number of nitrogens with one attached hydrogen (secondary N) is 1. The van der Waals surface area contributed by atoms with E-state index in [9.17, 15) is 18.0 Å². The first-order chi connectivity index (χ1) is 22.0. The first kappa shape index (κ1) is 35.0. The molecule has 0 aliphatic carbocycles. The summed E-state index contributed by atoms with van der Waals surface area (Å²) in [5.41, 5.74) is 3.72. The van der Waals surface area contributed by atoms with Crippen LogP contribution in [-0.4, -0.2) is 44.3 Å². The third-order valence-electron chi connectivity index (χ3n) is 7.78. The molecule has 0 spiro atoms. The molecule has 1 atom stereocenters. The molecule has 4 aromatic carbocycles. The topological polar surface area (TPSA) is 86.8 Å². The fraction of sp³-hybridized carbons (Fsp3) is 0.278. The van der Waals surface area contributed by atoms with Crippen molar-refractivity contribution < 1.29 is 18.0 Å². The Morgan fingerprint density at radius 1 is 0.848 bits per heavy atom. The summed E-state index contributed by atoms with van der Waals surface area (Å²) >= 11 is 12.5. The van der Waals surface area contributed by atoms with E-state index in [1.54, 1.807) is 12.1 Å². The molecule has 4 aromatic rings. The summed E-state index contributed by atoms with van der Waals surface area (Å²) in [6.45, 7) is 5.82. The molecule has 0 aromatic heterocycles. The van der Waals surface area contributed by atoms with Crippen LogP contribution in [-0.2, 0) is 32.6 Å². The van der Waals surface area contributed by atoms with Crippen LogP contribution in [0, 0.1) is 13.8 Å². The predicted octanol–water partition coefficient (Wildman–Crippen LogP) is 7.36. The first-order valence-electron chi connectivity index (χ1n) is 15.2. The highest BCUT2D eigenvalue weighted by Gasteiger charge is 2.35. The molecule has 7 nitrogen and oxygen atoms in total. The molecule has 0 fully saturated rings. The number of sulfonamides is 1. The molecule has 242 valence electrons. The molecule has 4 rings (SSSR count). The van der Waals surface area contributed by atoms with Gasteiger partial charge in [-0.15, -0.1) is 0 Å². The van der Waals surface area contributed by atoms with Gasteiger partial charge in [0.15, 0.2) is 0 Å². The van der Waals surface area contributed by atoms with E-state index in [0.717, 1.165) is 39.4 Å². The second-order valence-electron chi connectivity index (χ2n) is 11.2. The number of amides is 2. The lowest BCUT2D eigenvalue weighted by atomic mass is 10.0. The maximum absolute atomic E-state index is 14.6. The van der Waals surface area contributed by atoms with Gasteiger partial charge >= 0.3 is 0 Å².